The van der Waals surface area contributed by atoms with Crippen molar-refractivity contribution in [2.24, 2.45) is 0 Å². The number of ether oxygens (including phenoxy) is 1. The summed E-state index contributed by atoms with van der Waals surface area (Å²) in [5.74, 6) is -0.124. The zero-order chi connectivity index (χ0) is 23.0. The van der Waals surface area contributed by atoms with Gasteiger partial charge in [-0.3, -0.25) is 14.6 Å². The molecule has 2 aliphatic heterocycles. The summed E-state index contributed by atoms with van der Waals surface area (Å²) in [6, 6.07) is 11.0. The van der Waals surface area contributed by atoms with Crippen molar-refractivity contribution in [2.45, 2.75) is 83.1 Å². The Morgan fingerprint density at radius 1 is 0.939 bits per heavy atom. The van der Waals surface area contributed by atoms with Crippen molar-refractivity contribution in [1.29, 1.82) is 0 Å². The summed E-state index contributed by atoms with van der Waals surface area (Å²) in [5, 5.41) is 3.23. The molecule has 7 heteroatoms. The highest BCUT2D eigenvalue weighted by molar-refractivity contribution is 5.74. The van der Waals surface area contributed by atoms with Crippen LogP contribution in [0.2, 0.25) is 0 Å². The van der Waals surface area contributed by atoms with Gasteiger partial charge in [0.1, 0.15) is 6.10 Å². The van der Waals surface area contributed by atoms with Crippen molar-refractivity contribution in [1.82, 2.24) is 20.0 Å². The number of esters is 1. The average Bonchev–Trinajstić information content (AvgIpc) is 2.86. The smallest absolute Gasteiger partial charge is 0.317 e. The lowest BCUT2D eigenvalue weighted by atomic mass is 9.93. The Balaban J connectivity index is 1.21. The number of urea groups is 1. The number of nitrogens with one attached hydrogen (secondary N) is 1. The van der Waals surface area contributed by atoms with E-state index in [-0.39, 0.29) is 24.1 Å². The molecule has 1 unspecified atom stereocenters. The van der Waals surface area contributed by atoms with E-state index in [0.29, 0.717) is 12.6 Å². The second kappa shape index (κ2) is 11.8. The van der Waals surface area contributed by atoms with E-state index in [1.165, 1.54) is 24.8 Å². The second-order valence-corrected chi connectivity index (χ2v) is 9.72. The first-order valence-electron chi connectivity index (χ1n) is 12.9. The highest BCUT2D eigenvalue weighted by Gasteiger charge is 2.32. The van der Waals surface area contributed by atoms with Gasteiger partial charge < -0.3 is 15.0 Å². The van der Waals surface area contributed by atoms with Gasteiger partial charge in [-0.1, -0.05) is 37.3 Å². The third-order valence-corrected chi connectivity index (χ3v) is 7.42. The van der Waals surface area contributed by atoms with E-state index in [1.807, 2.05) is 11.8 Å². The molecule has 0 bridgehead atoms. The van der Waals surface area contributed by atoms with Crippen LogP contribution in [0.15, 0.2) is 30.3 Å². The number of hydrogen-bond donors (Lipinski definition) is 1. The van der Waals surface area contributed by atoms with Gasteiger partial charge in [0.15, 0.2) is 0 Å². The van der Waals surface area contributed by atoms with Crippen LogP contribution in [0.4, 0.5) is 4.79 Å². The molecular formula is C26H40N4O3. The molecule has 4 rings (SSSR count). The molecule has 2 heterocycles. The van der Waals surface area contributed by atoms with E-state index in [2.05, 4.69) is 45.4 Å². The number of benzene rings is 1. The molecule has 3 fully saturated rings. The summed E-state index contributed by atoms with van der Waals surface area (Å²) < 4.78 is 5.45. The molecule has 33 heavy (non-hydrogen) atoms. The summed E-state index contributed by atoms with van der Waals surface area (Å²) in [6.45, 7) is 7.41. The summed E-state index contributed by atoms with van der Waals surface area (Å²) in [5.41, 5.74) is 1.38. The monoisotopic (exact) mass is 456 g/mol. The van der Waals surface area contributed by atoms with Crippen LogP contribution in [0, 0.1) is 0 Å². The number of likely N-dealkylation sites (tertiary alicyclic amines) is 1. The zero-order valence-corrected chi connectivity index (χ0v) is 20.1. The minimum Gasteiger partial charge on any atom is -0.462 e. The van der Waals surface area contributed by atoms with Crippen LogP contribution >= 0.6 is 0 Å². The number of piperazine rings is 1. The molecule has 0 spiro atoms. The Labute approximate surface area is 198 Å². The Kier molecular flexibility index (Phi) is 8.62. The lowest BCUT2D eigenvalue weighted by Gasteiger charge is -2.46. The van der Waals surface area contributed by atoms with Crippen molar-refractivity contribution in [3.63, 3.8) is 0 Å². The normalized spacial score (nSPS) is 27.2. The third-order valence-electron chi connectivity index (χ3n) is 7.42. The molecule has 3 aliphatic rings. The van der Waals surface area contributed by atoms with Crippen LogP contribution in [0.25, 0.3) is 0 Å². The van der Waals surface area contributed by atoms with E-state index in [1.54, 1.807) is 0 Å². The molecule has 2 saturated heterocycles. The predicted molar refractivity (Wildman–Crippen MR) is 129 cm³/mol. The topological polar surface area (TPSA) is 65.1 Å². The first-order valence-corrected chi connectivity index (χ1v) is 12.9. The van der Waals surface area contributed by atoms with Gasteiger partial charge in [0, 0.05) is 45.2 Å². The number of carbonyl (C=O) groups excluding carboxylic acids is 2. The summed E-state index contributed by atoms with van der Waals surface area (Å²) in [4.78, 5) is 31.5. The van der Waals surface area contributed by atoms with Gasteiger partial charge in [0.2, 0.25) is 0 Å². The lowest BCUT2D eigenvalue weighted by molar-refractivity contribution is -0.150. The average molecular weight is 457 g/mol. The van der Waals surface area contributed by atoms with Crippen LogP contribution < -0.4 is 5.32 Å². The number of rotatable bonds is 6. The van der Waals surface area contributed by atoms with E-state index in [0.717, 1.165) is 65.0 Å². The van der Waals surface area contributed by atoms with Crippen LogP contribution in [0.1, 0.15) is 63.9 Å². The fraction of sp³-hybridized carbons (Fsp3) is 0.692. The van der Waals surface area contributed by atoms with Crippen molar-refractivity contribution in [3.05, 3.63) is 35.9 Å². The number of piperidine rings is 1. The van der Waals surface area contributed by atoms with Crippen molar-refractivity contribution < 1.29 is 14.3 Å². The highest BCUT2D eigenvalue weighted by Crippen LogP contribution is 2.25. The largest absolute Gasteiger partial charge is 0.462 e. The first kappa shape index (κ1) is 24.0. The van der Waals surface area contributed by atoms with Gasteiger partial charge in [0.05, 0.1) is 6.17 Å². The Morgan fingerprint density at radius 3 is 2.36 bits per heavy atom. The molecule has 0 aromatic heterocycles. The van der Waals surface area contributed by atoms with Crippen LogP contribution in [-0.2, 0) is 16.1 Å². The van der Waals surface area contributed by atoms with Gasteiger partial charge in [-0.15, -0.1) is 0 Å². The number of hydrogen-bond acceptors (Lipinski definition) is 5. The van der Waals surface area contributed by atoms with E-state index in [9.17, 15) is 9.59 Å². The molecule has 0 radical (unpaired) electrons. The Hall–Kier alpha value is -2.12. The molecule has 1 atom stereocenters. The minimum atomic E-state index is -0.124. The maximum absolute atomic E-state index is 12.9. The Morgan fingerprint density at radius 2 is 1.67 bits per heavy atom. The van der Waals surface area contributed by atoms with Crippen molar-refractivity contribution in [3.8, 4) is 0 Å². The minimum absolute atomic E-state index is 0.0171. The quantitative estimate of drug-likeness (QED) is 0.663. The van der Waals surface area contributed by atoms with Crippen LogP contribution in [-0.4, -0.2) is 77.7 Å². The van der Waals surface area contributed by atoms with Gasteiger partial charge in [0.25, 0.3) is 0 Å². The summed E-state index contributed by atoms with van der Waals surface area (Å²) in [7, 11) is 0. The summed E-state index contributed by atoms with van der Waals surface area (Å²) >= 11 is 0. The fourth-order valence-electron chi connectivity index (χ4n) is 5.47. The van der Waals surface area contributed by atoms with Crippen LogP contribution in [0.5, 0.6) is 0 Å². The molecule has 1 aliphatic carbocycles. The molecule has 2 amide bonds. The van der Waals surface area contributed by atoms with E-state index < -0.39 is 0 Å². The van der Waals surface area contributed by atoms with E-state index in [4.69, 9.17) is 4.74 Å². The molecule has 182 valence electrons. The fourth-order valence-corrected chi connectivity index (χ4v) is 5.47. The van der Waals surface area contributed by atoms with Gasteiger partial charge in [-0.25, -0.2) is 4.79 Å². The number of carbonyl (C=O) groups is 2. The van der Waals surface area contributed by atoms with Gasteiger partial charge in [-0.05, 0) is 57.1 Å². The third kappa shape index (κ3) is 6.70. The molecule has 1 N–H and O–H groups in total. The zero-order valence-electron chi connectivity index (χ0n) is 20.1. The van der Waals surface area contributed by atoms with Crippen molar-refractivity contribution in [2.75, 3.05) is 32.7 Å². The highest BCUT2D eigenvalue weighted by atomic mass is 16.5. The first-order chi connectivity index (χ1) is 16.1. The summed E-state index contributed by atoms with van der Waals surface area (Å²) in [6.07, 6.45) is 8.12. The van der Waals surface area contributed by atoms with Gasteiger partial charge in [-0.2, -0.15) is 0 Å². The Bertz CT molecular complexity index is 758. The standard InChI is InChI=1S/C26H40N4O3/c1-2-25(31)33-23-13-11-22(12-14-23)27-26(32)29-18-16-28(17-19-29)24-10-6-7-15-30(24)20-21-8-4-3-5-9-21/h3-5,8-9,22-24H,2,6-7,10-20H2,1H3,(H,27,32). The molecular weight excluding hydrogens is 416 g/mol. The number of amides is 2. The van der Waals surface area contributed by atoms with Crippen molar-refractivity contribution >= 4 is 12.0 Å². The molecule has 7 nitrogen and oxygen atoms in total. The maximum Gasteiger partial charge on any atom is 0.317 e. The second-order valence-electron chi connectivity index (χ2n) is 9.72. The molecule has 1 aromatic rings. The lowest BCUT2D eigenvalue weighted by Crippen LogP contribution is -2.59. The number of nitrogens with zero attached hydrogens (tertiary/aromatic N) is 3. The SMILES string of the molecule is CCC(=O)OC1CCC(NC(=O)N2CCN(C3CCCCN3Cc3ccccc3)CC2)CC1. The van der Waals surface area contributed by atoms with Crippen LogP contribution in [0.3, 0.4) is 0 Å². The predicted octanol–water partition coefficient (Wildman–Crippen LogP) is 3.59. The molecule has 1 saturated carbocycles. The maximum atomic E-state index is 12.9. The molecule has 1 aromatic carbocycles. The van der Waals surface area contributed by atoms with Gasteiger partial charge >= 0.3 is 12.0 Å². The van der Waals surface area contributed by atoms with E-state index >= 15 is 0 Å².